The normalized spacial score (nSPS) is 21.7. The number of imide groups is 1. The second-order valence-corrected chi connectivity index (χ2v) is 9.23. The Labute approximate surface area is 191 Å². The van der Waals surface area contributed by atoms with Gasteiger partial charge in [-0.15, -0.1) is 0 Å². The van der Waals surface area contributed by atoms with Crippen LogP contribution in [-0.2, 0) is 30.3 Å². The summed E-state index contributed by atoms with van der Waals surface area (Å²) < 4.78 is 5.28. The number of nitrogens with zero attached hydrogens (tertiary/aromatic N) is 3. The van der Waals surface area contributed by atoms with Crippen molar-refractivity contribution in [1.82, 2.24) is 25.1 Å². The maximum Gasteiger partial charge on any atom is 0.417 e. The molecule has 2 aliphatic heterocycles. The van der Waals surface area contributed by atoms with Crippen molar-refractivity contribution in [3.8, 4) is 0 Å². The molecule has 0 unspecified atom stereocenters. The summed E-state index contributed by atoms with van der Waals surface area (Å²) in [6.07, 6.45) is 3.33. The minimum absolute atomic E-state index is 0.00631. The van der Waals surface area contributed by atoms with Crippen LogP contribution in [0.5, 0.6) is 0 Å². The van der Waals surface area contributed by atoms with Gasteiger partial charge in [-0.2, -0.15) is 0 Å². The van der Waals surface area contributed by atoms with Crippen LogP contribution in [0.1, 0.15) is 52.1 Å². The molecule has 0 aromatic carbocycles. The van der Waals surface area contributed by atoms with Gasteiger partial charge in [-0.25, -0.2) is 14.7 Å². The van der Waals surface area contributed by atoms with Crippen LogP contribution in [-0.4, -0.2) is 79.8 Å². The van der Waals surface area contributed by atoms with Crippen LogP contribution in [0.4, 0.5) is 4.79 Å². The lowest BCUT2D eigenvalue weighted by Gasteiger charge is -2.30. The highest BCUT2D eigenvalue weighted by molar-refractivity contribution is 6.02. The number of aromatic nitrogens is 2. The number of carbonyl (C=O) groups is 5. The molecule has 2 saturated heterocycles. The number of H-pyrrole nitrogens is 1. The van der Waals surface area contributed by atoms with Crippen LogP contribution in [0, 0.1) is 0 Å². The van der Waals surface area contributed by atoms with Crippen molar-refractivity contribution in [2.45, 2.75) is 76.6 Å². The van der Waals surface area contributed by atoms with Gasteiger partial charge in [0.25, 0.3) is 0 Å². The molecule has 12 nitrogen and oxygen atoms in total. The van der Waals surface area contributed by atoms with E-state index in [9.17, 15) is 24.0 Å². The third-order valence-corrected chi connectivity index (χ3v) is 5.56. The lowest BCUT2D eigenvalue weighted by atomic mass is 10.1. The van der Waals surface area contributed by atoms with Crippen LogP contribution < -0.4 is 11.1 Å². The van der Waals surface area contributed by atoms with E-state index in [1.165, 1.54) is 17.4 Å². The molecule has 3 atom stereocenters. The van der Waals surface area contributed by atoms with Gasteiger partial charge in [0.15, 0.2) is 0 Å². The Hall–Kier alpha value is -3.44. The minimum atomic E-state index is -1.10. The largest absolute Gasteiger partial charge is 0.443 e. The lowest BCUT2D eigenvalue weighted by Crippen LogP contribution is -2.57. The quantitative estimate of drug-likeness (QED) is 0.528. The molecule has 4 N–H and O–H groups in total. The van der Waals surface area contributed by atoms with Gasteiger partial charge in [-0.05, 0) is 40.0 Å². The summed E-state index contributed by atoms with van der Waals surface area (Å²) in [6.45, 7) is 5.31. The fraction of sp³-hybridized carbons (Fsp3) is 0.619. The van der Waals surface area contributed by atoms with Crippen molar-refractivity contribution in [3.63, 3.8) is 0 Å². The van der Waals surface area contributed by atoms with Gasteiger partial charge < -0.3 is 25.7 Å². The molecule has 0 spiro atoms. The van der Waals surface area contributed by atoms with Crippen molar-refractivity contribution < 1.29 is 28.7 Å². The number of imidazole rings is 1. The summed E-state index contributed by atoms with van der Waals surface area (Å²) in [5.74, 6) is -2.24. The van der Waals surface area contributed by atoms with Crippen LogP contribution in [0.15, 0.2) is 12.5 Å². The number of aromatic amines is 1. The molecule has 12 heteroatoms. The van der Waals surface area contributed by atoms with Crippen LogP contribution in [0.25, 0.3) is 0 Å². The first-order valence-corrected chi connectivity index (χ1v) is 10.9. The molecule has 0 bridgehead atoms. The third kappa shape index (κ3) is 5.68. The number of primary amides is 1. The van der Waals surface area contributed by atoms with Crippen molar-refractivity contribution in [3.05, 3.63) is 18.2 Å². The Morgan fingerprint density at radius 1 is 1.27 bits per heavy atom. The van der Waals surface area contributed by atoms with Crippen LogP contribution in [0.2, 0.25) is 0 Å². The van der Waals surface area contributed by atoms with Crippen molar-refractivity contribution in [1.29, 1.82) is 0 Å². The highest BCUT2D eigenvalue weighted by Gasteiger charge is 2.44. The molecule has 2 aliphatic rings. The molecule has 5 amide bonds. The number of rotatable bonds is 6. The summed E-state index contributed by atoms with van der Waals surface area (Å²) in [7, 11) is 0. The van der Waals surface area contributed by atoms with Crippen LogP contribution >= 0.6 is 0 Å². The molecule has 3 heterocycles. The standard InChI is InChI=1S/C21H30N6O6/c1-21(2,3)33-20(32)27-15(6-7-16(27)28)18(30)25-13(9-12-10-23-11-24-12)19(31)26-8-4-5-14(26)17(22)29/h10-11,13-15H,4-9H2,1-3H3,(H2,22,29)(H,23,24)(H,25,30)/t13-,14-,15-/m0/s1. The minimum Gasteiger partial charge on any atom is -0.443 e. The zero-order valence-corrected chi connectivity index (χ0v) is 19.0. The predicted octanol–water partition coefficient (Wildman–Crippen LogP) is -0.161. The maximum atomic E-state index is 13.3. The fourth-order valence-electron chi connectivity index (χ4n) is 4.08. The van der Waals surface area contributed by atoms with Gasteiger partial charge >= 0.3 is 6.09 Å². The van der Waals surface area contributed by atoms with Gasteiger partial charge in [-0.1, -0.05) is 0 Å². The number of nitrogens with one attached hydrogen (secondary N) is 2. The molecule has 33 heavy (non-hydrogen) atoms. The zero-order chi connectivity index (χ0) is 24.3. The first-order valence-electron chi connectivity index (χ1n) is 10.9. The maximum absolute atomic E-state index is 13.3. The summed E-state index contributed by atoms with van der Waals surface area (Å²) in [5, 5.41) is 2.67. The summed E-state index contributed by atoms with van der Waals surface area (Å²) in [4.78, 5) is 72.1. The number of carbonyl (C=O) groups excluding carboxylic acids is 5. The average molecular weight is 463 g/mol. The van der Waals surface area contributed by atoms with E-state index in [0.717, 1.165) is 4.90 Å². The topological polar surface area (TPSA) is 168 Å². The molecular formula is C21H30N6O6. The van der Waals surface area contributed by atoms with E-state index < -0.39 is 53.4 Å². The van der Waals surface area contributed by atoms with Crippen molar-refractivity contribution in [2.75, 3.05) is 6.54 Å². The smallest absolute Gasteiger partial charge is 0.417 e. The van der Waals surface area contributed by atoms with E-state index >= 15 is 0 Å². The van der Waals surface area contributed by atoms with Gasteiger partial charge in [0, 0.05) is 31.3 Å². The molecule has 0 aliphatic carbocycles. The number of hydrogen-bond donors (Lipinski definition) is 3. The van der Waals surface area contributed by atoms with Crippen LogP contribution in [0.3, 0.4) is 0 Å². The summed E-state index contributed by atoms with van der Waals surface area (Å²) in [5.41, 5.74) is 5.19. The SMILES string of the molecule is CC(C)(C)OC(=O)N1C(=O)CC[C@H]1C(=O)N[C@@H](Cc1cnc[nH]1)C(=O)N1CCC[C@H]1C(N)=O. The molecule has 1 aromatic heterocycles. The van der Waals surface area contributed by atoms with Gasteiger partial charge in [0.1, 0.15) is 23.7 Å². The number of likely N-dealkylation sites (tertiary alicyclic amines) is 2. The van der Waals surface area contributed by atoms with E-state index in [2.05, 4.69) is 15.3 Å². The van der Waals surface area contributed by atoms with Crippen molar-refractivity contribution in [2.24, 2.45) is 5.73 Å². The molecule has 0 saturated carbocycles. The zero-order valence-electron chi connectivity index (χ0n) is 19.0. The van der Waals surface area contributed by atoms with Gasteiger partial charge in [-0.3, -0.25) is 19.2 Å². The lowest BCUT2D eigenvalue weighted by molar-refractivity contribution is -0.141. The summed E-state index contributed by atoms with van der Waals surface area (Å²) >= 11 is 0. The monoisotopic (exact) mass is 462 g/mol. The first-order chi connectivity index (χ1) is 15.5. The first kappa shape index (κ1) is 24.2. The molecule has 2 fully saturated rings. The highest BCUT2D eigenvalue weighted by atomic mass is 16.6. The second-order valence-electron chi connectivity index (χ2n) is 9.23. The number of hydrogen-bond acceptors (Lipinski definition) is 7. The Balaban J connectivity index is 1.79. The number of nitrogens with two attached hydrogens (primary N) is 1. The van der Waals surface area contributed by atoms with E-state index in [4.69, 9.17) is 10.5 Å². The van der Waals surface area contributed by atoms with Crippen molar-refractivity contribution >= 4 is 29.7 Å². The number of ether oxygens (including phenoxy) is 1. The Morgan fingerprint density at radius 2 is 2.00 bits per heavy atom. The molecule has 180 valence electrons. The molecular weight excluding hydrogens is 432 g/mol. The Morgan fingerprint density at radius 3 is 2.61 bits per heavy atom. The third-order valence-electron chi connectivity index (χ3n) is 5.56. The molecule has 3 rings (SSSR count). The Bertz CT molecular complexity index is 924. The average Bonchev–Trinajstić information content (AvgIpc) is 3.45. The molecule has 1 aromatic rings. The van der Waals surface area contributed by atoms with E-state index in [1.54, 1.807) is 20.8 Å². The van der Waals surface area contributed by atoms with E-state index in [1.807, 2.05) is 0 Å². The molecule has 0 radical (unpaired) electrons. The van der Waals surface area contributed by atoms with Gasteiger partial charge in [0.2, 0.25) is 23.6 Å². The predicted molar refractivity (Wildman–Crippen MR) is 114 cm³/mol. The Kier molecular flexibility index (Phi) is 7.04. The summed E-state index contributed by atoms with van der Waals surface area (Å²) in [6, 6.07) is -2.89. The van der Waals surface area contributed by atoms with E-state index in [0.29, 0.717) is 25.1 Å². The fourth-order valence-corrected chi connectivity index (χ4v) is 4.08. The van der Waals surface area contributed by atoms with Gasteiger partial charge in [0.05, 0.1) is 6.33 Å². The second kappa shape index (κ2) is 9.59. The highest BCUT2D eigenvalue weighted by Crippen LogP contribution is 2.23. The van der Waals surface area contributed by atoms with E-state index in [-0.39, 0.29) is 19.3 Å². The number of amides is 5.